The van der Waals surface area contributed by atoms with Crippen molar-refractivity contribution in [2.24, 2.45) is 0 Å². The summed E-state index contributed by atoms with van der Waals surface area (Å²) in [4.78, 5) is 0. The van der Waals surface area contributed by atoms with E-state index < -0.39 is 16.1 Å². The number of fused-ring (bicyclic) bond motifs is 6. The molecule has 2 aromatic rings. The summed E-state index contributed by atoms with van der Waals surface area (Å²) < 4.78 is 2.67. The number of nitrogens with zero attached hydrogens (tertiary/aromatic N) is 1. The molecule has 0 spiro atoms. The van der Waals surface area contributed by atoms with Crippen LogP contribution in [0.5, 0.6) is 0 Å². The summed E-state index contributed by atoms with van der Waals surface area (Å²) in [5.74, 6) is 0. The zero-order valence-corrected chi connectivity index (χ0v) is 21.0. The van der Waals surface area contributed by atoms with Gasteiger partial charge in [-0.25, -0.2) is 0 Å². The van der Waals surface area contributed by atoms with E-state index >= 15 is 0 Å². The number of hydrogen-bond acceptors (Lipinski definition) is 0. The molecule has 148 valence electrons. The number of hydrogen-bond donors (Lipinski definition) is 0. The van der Waals surface area contributed by atoms with Gasteiger partial charge >= 0.3 is 0 Å². The summed E-state index contributed by atoms with van der Waals surface area (Å²) in [6.45, 7) is 19.5. The minimum Gasteiger partial charge on any atom is -0.188 e. The lowest BCUT2D eigenvalue weighted by atomic mass is 9.52. The van der Waals surface area contributed by atoms with Gasteiger partial charge in [0.15, 0.2) is 11.7 Å². The van der Waals surface area contributed by atoms with Crippen LogP contribution in [-0.2, 0) is 11.0 Å². The van der Waals surface area contributed by atoms with E-state index in [2.05, 4.69) is 106 Å². The molecule has 3 heteroatoms. The van der Waals surface area contributed by atoms with Gasteiger partial charge in [-0.1, -0.05) is 82.6 Å². The number of benzene rings is 1. The van der Waals surface area contributed by atoms with Crippen molar-refractivity contribution in [3.05, 3.63) is 54.2 Å². The van der Waals surface area contributed by atoms with Crippen LogP contribution in [0.4, 0.5) is 0 Å². The first kappa shape index (κ1) is 19.8. The number of aromatic nitrogens is 1. The van der Waals surface area contributed by atoms with Gasteiger partial charge < -0.3 is 0 Å². The maximum Gasteiger partial charge on any atom is 0.213 e. The summed E-state index contributed by atoms with van der Waals surface area (Å²) in [6, 6.07) is 12.3. The summed E-state index contributed by atoms with van der Waals surface area (Å²) >= 11 is 0. The van der Waals surface area contributed by atoms with E-state index in [1.54, 1.807) is 15.9 Å². The molecular weight excluding hydrogens is 370 g/mol. The molecule has 0 N–H and O–H groups in total. The second-order valence-electron chi connectivity index (χ2n) is 10.9. The van der Waals surface area contributed by atoms with Gasteiger partial charge in [0.2, 0.25) is 5.69 Å². The maximum atomic E-state index is 2.67. The van der Waals surface area contributed by atoms with Crippen molar-refractivity contribution in [1.82, 2.24) is 0 Å². The Kier molecular flexibility index (Phi) is 4.27. The Morgan fingerprint density at radius 3 is 1.93 bits per heavy atom. The first-order chi connectivity index (χ1) is 13.0. The molecule has 1 aliphatic heterocycles. The highest BCUT2D eigenvalue weighted by atomic mass is 28.3. The molecule has 0 saturated carbocycles. The van der Waals surface area contributed by atoms with Crippen LogP contribution in [0.2, 0.25) is 39.3 Å². The highest BCUT2D eigenvalue weighted by molar-refractivity contribution is 6.89. The lowest BCUT2D eigenvalue weighted by Gasteiger charge is -2.52. The fraction of sp³-hybridized carbons (Fsp3) is 0.480. The van der Waals surface area contributed by atoms with Crippen LogP contribution < -0.4 is 14.9 Å². The Morgan fingerprint density at radius 1 is 0.786 bits per heavy atom. The Balaban J connectivity index is 2.07. The summed E-state index contributed by atoms with van der Waals surface area (Å²) in [7, 11) is -2.73. The van der Waals surface area contributed by atoms with Crippen LogP contribution in [-0.4, -0.2) is 16.1 Å². The molecule has 0 saturated heterocycles. The first-order valence-corrected chi connectivity index (χ1v) is 17.9. The fourth-order valence-corrected chi connectivity index (χ4v) is 7.68. The largest absolute Gasteiger partial charge is 0.213 e. The molecule has 2 heterocycles. The molecule has 1 aromatic carbocycles. The van der Waals surface area contributed by atoms with Crippen molar-refractivity contribution >= 4 is 26.5 Å². The van der Waals surface area contributed by atoms with Gasteiger partial charge in [-0.05, 0) is 24.1 Å². The van der Waals surface area contributed by atoms with Gasteiger partial charge in [-0.2, -0.15) is 4.57 Å². The first-order valence-electron chi connectivity index (χ1n) is 10.9. The molecule has 4 rings (SSSR count). The predicted octanol–water partition coefficient (Wildman–Crippen LogP) is 5.07. The van der Waals surface area contributed by atoms with Crippen LogP contribution in [0.15, 0.2) is 48.7 Å². The molecule has 0 bridgehead atoms. The van der Waals surface area contributed by atoms with E-state index in [4.69, 9.17) is 0 Å². The Hall–Kier alpha value is -1.46. The fourth-order valence-electron chi connectivity index (χ4n) is 5.42. The Labute approximate surface area is 173 Å². The van der Waals surface area contributed by atoms with Gasteiger partial charge in [-0.15, -0.1) is 0 Å². The van der Waals surface area contributed by atoms with Gasteiger partial charge in [-0.3, -0.25) is 0 Å². The second kappa shape index (κ2) is 6.02. The number of rotatable bonds is 4. The zero-order valence-electron chi connectivity index (χ0n) is 19.0. The summed E-state index contributed by atoms with van der Waals surface area (Å²) in [5, 5.41) is 3.12. The van der Waals surface area contributed by atoms with Gasteiger partial charge in [0.05, 0.1) is 27.1 Å². The van der Waals surface area contributed by atoms with Crippen LogP contribution in [0.1, 0.15) is 32.3 Å². The Bertz CT molecular complexity index is 977. The Morgan fingerprint density at radius 2 is 1.43 bits per heavy atom. The van der Waals surface area contributed by atoms with Crippen molar-refractivity contribution in [3.8, 4) is 11.3 Å². The van der Waals surface area contributed by atoms with E-state index in [0.717, 1.165) is 12.8 Å². The van der Waals surface area contributed by atoms with Crippen LogP contribution in [0.25, 0.3) is 11.3 Å². The highest BCUT2D eigenvalue weighted by Gasteiger charge is 2.64. The van der Waals surface area contributed by atoms with Crippen LogP contribution in [0.3, 0.4) is 0 Å². The van der Waals surface area contributed by atoms with Gasteiger partial charge in [0.25, 0.3) is 0 Å². The summed E-state index contributed by atoms with van der Waals surface area (Å²) in [6.07, 6.45) is 9.80. The smallest absolute Gasteiger partial charge is 0.188 e. The molecule has 2 atom stereocenters. The second-order valence-corrected chi connectivity index (χ2v) is 21.0. The normalized spacial score (nSPS) is 25.6. The lowest BCUT2D eigenvalue weighted by molar-refractivity contribution is -0.758. The van der Waals surface area contributed by atoms with Crippen molar-refractivity contribution in [2.75, 3.05) is 0 Å². The quantitative estimate of drug-likeness (QED) is 0.379. The molecule has 1 nitrogen and oxygen atoms in total. The standard InChI is InChI=1S/C25H36NSi2/c1-9-24-15-16-25(24,10-2)26-18-20(28(6,7)8)12-14-23(26)21-17-19(27(3,4)5)11-13-22(21)24/h11-18H,9-10H2,1-8H3/q+1. The highest BCUT2D eigenvalue weighted by Crippen LogP contribution is 2.56. The van der Waals surface area contributed by atoms with Crippen molar-refractivity contribution < 1.29 is 4.57 Å². The summed E-state index contributed by atoms with van der Waals surface area (Å²) in [5.41, 5.74) is 4.64. The molecule has 1 aliphatic carbocycles. The predicted molar refractivity (Wildman–Crippen MR) is 127 cm³/mol. The van der Waals surface area contributed by atoms with Crippen LogP contribution >= 0.6 is 0 Å². The molecule has 0 amide bonds. The average molecular weight is 407 g/mol. The third kappa shape index (κ3) is 2.45. The third-order valence-corrected chi connectivity index (χ3v) is 11.5. The topological polar surface area (TPSA) is 3.88 Å². The van der Waals surface area contributed by atoms with Gasteiger partial charge in [0.1, 0.15) is 0 Å². The SMILES string of the molecule is CCC12C=CC1(CC)[n+]1cc([Si](C)(C)C)ccc1-c1cc([Si](C)(C)C)ccc12. The molecule has 1 aromatic heterocycles. The third-order valence-electron chi connectivity index (χ3n) is 7.40. The molecule has 2 unspecified atom stereocenters. The monoisotopic (exact) mass is 406 g/mol. The molecule has 2 aliphatic rings. The van der Waals surface area contributed by atoms with E-state index in [9.17, 15) is 0 Å². The van der Waals surface area contributed by atoms with Crippen LogP contribution in [0, 0.1) is 0 Å². The van der Waals surface area contributed by atoms with E-state index in [-0.39, 0.29) is 11.0 Å². The molecular formula is C25H36NSi2+. The minimum absolute atomic E-state index is 0.0838. The van der Waals surface area contributed by atoms with E-state index in [1.165, 1.54) is 11.3 Å². The molecule has 0 radical (unpaired) electrons. The molecule has 28 heavy (non-hydrogen) atoms. The van der Waals surface area contributed by atoms with Crippen molar-refractivity contribution in [2.45, 2.75) is 76.9 Å². The zero-order chi connectivity index (χ0) is 20.5. The maximum absolute atomic E-state index is 2.67. The van der Waals surface area contributed by atoms with Crippen molar-refractivity contribution in [3.63, 3.8) is 0 Å². The van der Waals surface area contributed by atoms with E-state index in [0.29, 0.717) is 0 Å². The van der Waals surface area contributed by atoms with Crippen molar-refractivity contribution in [1.29, 1.82) is 0 Å². The number of pyridine rings is 1. The minimum atomic E-state index is -1.37. The lowest BCUT2D eigenvalue weighted by Crippen LogP contribution is -2.73. The molecule has 0 fully saturated rings. The average Bonchev–Trinajstić information content (AvgIpc) is 2.60. The number of allylic oxidation sites excluding steroid dienone is 2. The van der Waals surface area contributed by atoms with Gasteiger partial charge in [0, 0.05) is 17.7 Å². The van der Waals surface area contributed by atoms with E-state index in [1.807, 2.05) is 0 Å².